The first-order valence-corrected chi connectivity index (χ1v) is 7.69. The molecular formula is C15H15FN4O2S. The lowest BCUT2D eigenvalue weighted by Gasteiger charge is -2.03. The van der Waals surface area contributed by atoms with Gasteiger partial charge in [0.2, 0.25) is 5.91 Å². The number of aromatic amines is 1. The number of amides is 3. The molecule has 3 amide bonds. The van der Waals surface area contributed by atoms with E-state index >= 15 is 0 Å². The van der Waals surface area contributed by atoms with Crippen molar-refractivity contribution in [1.82, 2.24) is 20.6 Å². The standard InChI is InChI=1S/C15H15FN4O2S/c1-2-7-17-14(22)20-13(21)9-23-15-18-8-12(19-15)10-3-5-11(16)6-4-10/h2-6,8H,1,7,9H2,(H,18,19)(H2,17,20,21,22). The second kappa shape index (κ2) is 8.14. The van der Waals surface area contributed by atoms with Crippen molar-refractivity contribution in [2.24, 2.45) is 0 Å². The molecule has 0 fully saturated rings. The van der Waals surface area contributed by atoms with Crippen LogP contribution >= 0.6 is 11.8 Å². The van der Waals surface area contributed by atoms with Crippen LogP contribution < -0.4 is 10.6 Å². The zero-order valence-electron chi connectivity index (χ0n) is 12.1. The van der Waals surface area contributed by atoms with Gasteiger partial charge in [-0.15, -0.1) is 6.58 Å². The molecule has 0 atom stereocenters. The third kappa shape index (κ3) is 5.26. The predicted molar refractivity (Wildman–Crippen MR) is 86.4 cm³/mol. The number of hydrogen-bond acceptors (Lipinski definition) is 4. The third-order valence-electron chi connectivity index (χ3n) is 2.71. The van der Waals surface area contributed by atoms with Crippen molar-refractivity contribution in [3.63, 3.8) is 0 Å². The lowest BCUT2D eigenvalue weighted by atomic mass is 10.2. The Balaban J connectivity index is 1.85. The molecule has 2 aromatic rings. The molecule has 1 aromatic heterocycles. The minimum atomic E-state index is -0.568. The number of imide groups is 1. The van der Waals surface area contributed by atoms with E-state index in [2.05, 4.69) is 27.2 Å². The summed E-state index contributed by atoms with van der Waals surface area (Å²) in [5.41, 5.74) is 1.51. The van der Waals surface area contributed by atoms with Gasteiger partial charge < -0.3 is 10.3 Å². The van der Waals surface area contributed by atoms with Gasteiger partial charge in [0.25, 0.3) is 0 Å². The smallest absolute Gasteiger partial charge is 0.321 e. The molecule has 0 saturated carbocycles. The number of nitrogens with one attached hydrogen (secondary N) is 3. The largest absolute Gasteiger partial charge is 0.334 e. The topological polar surface area (TPSA) is 86.9 Å². The lowest BCUT2D eigenvalue weighted by molar-refractivity contribution is -0.117. The normalized spacial score (nSPS) is 10.1. The first kappa shape index (κ1) is 16.8. The van der Waals surface area contributed by atoms with Gasteiger partial charge in [-0.25, -0.2) is 14.2 Å². The number of imidazole rings is 1. The number of aromatic nitrogens is 2. The van der Waals surface area contributed by atoms with Crippen LogP contribution in [0.5, 0.6) is 0 Å². The van der Waals surface area contributed by atoms with E-state index in [0.717, 1.165) is 23.0 Å². The monoisotopic (exact) mass is 334 g/mol. The van der Waals surface area contributed by atoms with Crippen molar-refractivity contribution in [1.29, 1.82) is 0 Å². The molecule has 0 saturated heterocycles. The van der Waals surface area contributed by atoms with Crippen LogP contribution in [0.3, 0.4) is 0 Å². The van der Waals surface area contributed by atoms with Gasteiger partial charge in [-0.3, -0.25) is 10.1 Å². The van der Waals surface area contributed by atoms with Crippen LogP contribution in [0.1, 0.15) is 0 Å². The van der Waals surface area contributed by atoms with Crippen molar-refractivity contribution in [3.05, 3.63) is 48.9 Å². The summed E-state index contributed by atoms with van der Waals surface area (Å²) in [7, 11) is 0. The fourth-order valence-electron chi connectivity index (χ4n) is 1.66. The summed E-state index contributed by atoms with van der Waals surface area (Å²) >= 11 is 1.16. The Morgan fingerprint density at radius 1 is 1.35 bits per heavy atom. The molecule has 0 radical (unpaired) electrons. The van der Waals surface area contributed by atoms with Gasteiger partial charge in [0.1, 0.15) is 5.82 Å². The van der Waals surface area contributed by atoms with Gasteiger partial charge in [0, 0.05) is 6.54 Å². The summed E-state index contributed by atoms with van der Waals surface area (Å²) in [6, 6.07) is 5.42. The summed E-state index contributed by atoms with van der Waals surface area (Å²) in [6.07, 6.45) is 3.11. The van der Waals surface area contributed by atoms with Gasteiger partial charge in [-0.2, -0.15) is 0 Å². The Morgan fingerprint density at radius 2 is 2.09 bits per heavy atom. The molecule has 0 unspecified atom stereocenters. The maximum Gasteiger partial charge on any atom is 0.321 e. The molecule has 8 heteroatoms. The maximum absolute atomic E-state index is 12.9. The Bertz CT molecular complexity index is 700. The Labute approximate surface area is 136 Å². The van der Waals surface area contributed by atoms with E-state index in [4.69, 9.17) is 0 Å². The number of rotatable bonds is 6. The van der Waals surface area contributed by atoms with E-state index in [-0.39, 0.29) is 18.1 Å². The number of hydrogen-bond donors (Lipinski definition) is 3. The highest BCUT2D eigenvalue weighted by Crippen LogP contribution is 2.21. The fourth-order valence-corrected chi connectivity index (χ4v) is 2.31. The molecular weight excluding hydrogens is 319 g/mol. The van der Waals surface area contributed by atoms with Crippen LogP contribution in [-0.4, -0.2) is 34.2 Å². The summed E-state index contributed by atoms with van der Waals surface area (Å²) < 4.78 is 12.9. The number of carbonyl (C=O) groups excluding carboxylic acids is 2. The van der Waals surface area contributed by atoms with Gasteiger partial charge in [0.05, 0.1) is 17.6 Å². The third-order valence-corrected chi connectivity index (χ3v) is 3.60. The zero-order valence-corrected chi connectivity index (χ0v) is 13.0. The molecule has 23 heavy (non-hydrogen) atoms. The number of H-pyrrole nitrogens is 1. The number of halogens is 1. The maximum atomic E-state index is 12.9. The van der Waals surface area contributed by atoms with Crippen molar-refractivity contribution < 1.29 is 14.0 Å². The second-order valence-electron chi connectivity index (χ2n) is 4.44. The molecule has 6 nitrogen and oxygen atoms in total. The van der Waals surface area contributed by atoms with Crippen LogP contribution in [0.2, 0.25) is 0 Å². The van der Waals surface area contributed by atoms with Crippen molar-refractivity contribution in [3.8, 4) is 11.3 Å². The number of urea groups is 1. The van der Waals surface area contributed by atoms with Gasteiger partial charge in [-0.05, 0) is 29.8 Å². The number of benzene rings is 1. The van der Waals surface area contributed by atoms with Crippen LogP contribution in [0.25, 0.3) is 11.3 Å². The quantitative estimate of drug-likeness (QED) is 0.559. The van der Waals surface area contributed by atoms with Gasteiger partial charge in [0.15, 0.2) is 5.16 Å². The minimum absolute atomic E-state index is 0.0396. The molecule has 0 bridgehead atoms. The zero-order chi connectivity index (χ0) is 16.7. The molecule has 120 valence electrons. The molecule has 3 N–H and O–H groups in total. The first-order chi connectivity index (χ1) is 11.1. The Hall–Kier alpha value is -2.61. The van der Waals surface area contributed by atoms with Crippen LogP contribution in [-0.2, 0) is 4.79 Å². The van der Waals surface area contributed by atoms with Gasteiger partial charge >= 0.3 is 6.03 Å². The number of thioether (sulfide) groups is 1. The number of nitrogens with zero attached hydrogens (tertiary/aromatic N) is 1. The van der Waals surface area contributed by atoms with E-state index in [0.29, 0.717) is 5.16 Å². The average Bonchev–Trinajstić information content (AvgIpc) is 3.00. The summed E-state index contributed by atoms with van der Waals surface area (Å²) in [4.78, 5) is 30.1. The molecule has 0 aliphatic heterocycles. The molecule has 0 spiro atoms. The van der Waals surface area contributed by atoms with Crippen LogP contribution in [0.4, 0.5) is 9.18 Å². The Kier molecular flexibility index (Phi) is 5.93. The van der Waals surface area contributed by atoms with E-state index in [9.17, 15) is 14.0 Å². The molecule has 0 aliphatic rings. The average molecular weight is 334 g/mol. The number of carbonyl (C=O) groups is 2. The highest BCUT2D eigenvalue weighted by molar-refractivity contribution is 7.99. The molecule has 2 rings (SSSR count). The minimum Gasteiger partial charge on any atom is -0.334 e. The molecule has 0 aliphatic carbocycles. The Morgan fingerprint density at radius 3 is 2.78 bits per heavy atom. The first-order valence-electron chi connectivity index (χ1n) is 6.71. The van der Waals surface area contributed by atoms with E-state index in [1.54, 1.807) is 18.3 Å². The van der Waals surface area contributed by atoms with Crippen molar-refractivity contribution in [2.75, 3.05) is 12.3 Å². The van der Waals surface area contributed by atoms with Crippen LogP contribution in [0, 0.1) is 5.82 Å². The summed E-state index contributed by atoms with van der Waals surface area (Å²) in [5, 5.41) is 5.16. The van der Waals surface area contributed by atoms with E-state index in [1.807, 2.05) is 0 Å². The highest BCUT2D eigenvalue weighted by Gasteiger charge is 2.09. The van der Waals surface area contributed by atoms with Crippen LogP contribution in [0.15, 0.2) is 48.3 Å². The second-order valence-corrected chi connectivity index (χ2v) is 5.41. The van der Waals surface area contributed by atoms with Gasteiger partial charge in [-0.1, -0.05) is 17.8 Å². The molecule has 1 heterocycles. The SMILES string of the molecule is C=CCNC(=O)NC(=O)CSc1ncc(-c2ccc(F)cc2)[nH]1. The van der Waals surface area contributed by atoms with Crippen molar-refractivity contribution in [2.45, 2.75) is 5.16 Å². The lowest BCUT2D eigenvalue weighted by Crippen LogP contribution is -2.40. The van der Waals surface area contributed by atoms with E-state index < -0.39 is 11.9 Å². The fraction of sp³-hybridized carbons (Fsp3) is 0.133. The predicted octanol–water partition coefficient (Wildman–Crippen LogP) is 2.32. The summed E-state index contributed by atoms with van der Waals surface area (Å²) in [6.45, 7) is 3.74. The van der Waals surface area contributed by atoms with E-state index in [1.165, 1.54) is 18.2 Å². The highest BCUT2D eigenvalue weighted by atomic mass is 32.2. The molecule has 1 aromatic carbocycles. The summed E-state index contributed by atoms with van der Waals surface area (Å²) in [5.74, 6) is -0.705. The van der Waals surface area contributed by atoms with Crippen molar-refractivity contribution >= 4 is 23.7 Å².